The van der Waals surface area contributed by atoms with Crippen LogP contribution in [0.4, 0.5) is 5.69 Å². The molecular weight excluding hydrogens is 416 g/mol. The van der Waals surface area contributed by atoms with Crippen LogP contribution in [0.2, 0.25) is 0 Å². The van der Waals surface area contributed by atoms with E-state index in [1.807, 2.05) is 25.1 Å². The molecule has 0 N–H and O–H groups in total. The number of piperidine rings is 1. The van der Waals surface area contributed by atoms with Crippen molar-refractivity contribution >= 4 is 27.6 Å². The highest BCUT2D eigenvalue weighted by molar-refractivity contribution is 7.89. The van der Waals surface area contributed by atoms with Crippen LogP contribution in [0.1, 0.15) is 43.5 Å². The molecule has 2 unspecified atom stereocenters. The van der Waals surface area contributed by atoms with Crippen LogP contribution in [0.3, 0.4) is 0 Å². The Balaban J connectivity index is 1.67. The molecule has 0 radical (unpaired) electrons. The third-order valence-corrected chi connectivity index (χ3v) is 7.57. The zero-order valence-electron chi connectivity index (χ0n) is 18.0. The van der Waals surface area contributed by atoms with Gasteiger partial charge in [-0.2, -0.15) is 4.31 Å². The highest BCUT2D eigenvalue weighted by Crippen LogP contribution is 2.25. The smallest absolute Gasteiger partial charge is 0.338 e. The van der Waals surface area contributed by atoms with Gasteiger partial charge in [-0.3, -0.25) is 4.79 Å². The van der Waals surface area contributed by atoms with Gasteiger partial charge < -0.3 is 9.64 Å². The van der Waals surface area contributed by atoms with Crippen LogP contribution in [-0.4, -0.2) is 50.3 Å². The van der Waals surface area contributed by atoms with Gasteiger partial charge in [-0.15, -0.1) is 0 Å². The summed E-state index contributed by atoms with van der Waals surface area (Å²) in [6.07, 6.45) is 1.72. The largest absolute Gasteiger partial charge is 0.449 e. The Morgan fingerprint density at radius 3 is 2.32 bits per heavy atom. The lowest BCUT2D eigenvalue weighted by molar-refractivity contribution is -0.126. The number of rotatable bonds is 6. The predicted octanol–water partition coefficient (Wildman–Crippen LogP) is 3.46. The van der Waals surface area contributed by atoms with Crippen LogP contribution >= 0.6 is 0 Å². The third kappa shape index (κ3) is 5.14. The number of esters is 1. The third-order valence-electron chi connectivity index (χ3n) is 5.54. The molecule has 0 bridgehead atoms. The second kappa shape index (κ2) is 9.62. The fraction of sp³-hybridized carbons (Fsp3) is 0.391. The molecule has 1 aliphatic rings. The van der Waals surface area contributed by atoms with Crippen molar-refractivity contribution in [2.75, 3.05) is 18.5 Å². The zero-order valence-corrected chi connectivity index (χ0v) is 18.8. The lowest BCUT2D eigenvalue weighted by Gasteiger charge is -2.32. The Hall–Kier alpha value is -2.71. The molecule has 1 heterocycles. The summed E-state index contributed by atoms with van der Waals surface area (Å²) in [4.78, 5) is 26.6. The molecule has 8 heteroatoms. The SMILES string of the molecule is CC(OC(=O)c1ccc(S(=O)(=O)N2CCCCC2C)cc1)C(=O)N(C)c1ccccc1. The van der Waals surface area contributed by atoms with Crippen LogP contribution in [0, 0.1) is 0 Å². The number of carbonyl (C=O) groups is 2. The average Bonchev–Trinajstić information content (AvgIpc) is 2.78. The Kier molecular flexibility index (Phi) is 7.12. The van der Waals surface area contributed by atoms with Crippen LogP contribution < -0.4 is 4.90 Å². The fourth-order valence-electron chi connectivity index (χ4n) is 3.66. The van der Waals surface area contributed by atoms with E-state index in [0.29, 0.717) is 12.2 Å². The zero-order chi connectivity index (χ0) is 22.6. The van der Waals surface area contributed by atoms with Crippen molar-refractivity contribution < 1.29 is 22.7 Å². The number of hydrogen-bond donors (Lipinski definition) is 0. The molecule has 3 rings (SSSR count). The number of ether oxygens (including phenoxy) is 1. The van der Waals surface area contributed by atoms with E-state index >= 15 is 0 Å². The molecule has 7 nitrogen and oxygen atoms in total. The molecule has 1 fully saturated rings. The van der Waals surface area contributed by atoms with Gasteiger partial charge in [0.2, 0.25) is 10.0 Å². The monoisotopic (exact) mass is 444 g/mol. The number of anilines is 1. The molecule has 31 heavy (non-hydrogen) atoms. The number of nitrogens with zero attached hydrogens (tertiary/aromatic N) is 2. The summed E-state index contributed by atoms with van der Waals surface area (Å²) in [7, 11) is -2.00. The molecule has 0 aromatic heterocycles. The number of para-hydroxylation sites is 1. The van der Waals surface area contributed by atoms with Gasteiger partial charge in [-0.1, -0.05) is 24.6 Å². The highest BCUT2D eigenvalue weighted by atomic mass is 32.2. The Morgan fingerprint density at radius 1 is 1.06 bits per heavy atom. The molecule has 0 saturated carbocycles. The van der Waals surface area contributed by atoms with Gasteiger partial charge in [0.05, 0.1) is 10.5 Å². The molecule has 166 valence electrons. The van der Waals surface area contributed by atoms with Gasteiger partial charge in [0.15, 0.2) is 6.10 Å². The minimum absolute atomic E-state index is 0.0446. The number of sulfonamides is 1. The number of likely N-dealkylation sites (N-methyl/N-ethyl adjacent to an activating group) is 1. The van der Waals surface area contributed by atoms with E-state index in [9.17, 15) is 18.0 Å². The number of amides is 1. The molecule has 1 aliphatic heterocycles. The maximum atomic E-state index is 12.9. The summed E-state index contributed by atoms with van der Waals surface area (Å²) in [5.41, 5.74) is 0.879. The Morgan fingerprint density at radius 2 is 1.71 bits per heavy atom. The molecule has 1 saturated heterocycles. The van der Waals surface area contributed by atoms with Crippen molar-refractivity contribution in [3.8, 4) is 0 Å². The van der Waals surface area contributed by atoms with Gasteiger partial charge in [0.25, 0.3) is 5.91 Å². The maximum Gasteiger partial charge on any atom is 0.338 e. The van der Waals surface area contributed by atoms with E-state index in [0.717, 1.165) is 19.3 Å². The normalized spacial score (nSPS) is 18.2. The van der Waals surface area contributed by atoms with E-state index in [4.69, 9.17) is 4.74 Å². The summed E-state index contributed by atoms with van der Waals surface area (Å²) in [6, 6.07) is 14.7. The van der Waals surface area contributed by atoms with E-state index in [1.54, 1.807) is 19.2 Å². The van der Waals surface area contributed by atoms with Crippen molar-refractivity contribution in [1.29, 1.82) is 0 Å². The van der Waals surface area contributed by atoms with Crippen LogP contribution in [0.5, 0.6) is 0 Å². The van der Waals surface area contributed by atoms with Gasteiger partial charge in [-0.25, -0.2) is 13.2 Å². The van der Waals surface area contributed by atoms with Crippen molar-refractivity contribution in [3.05, 3.63) is 60.2 Å². The van der Waals surface area contributed by atoms with Gasteiger partial charge in [0, 0.05) is 25.3 Å². The molecule has 0 aliphatic carbocycles. The Labute approximate surface area is 183 Å². The minimum atomic E-state index is -3.61. The lowest BCUT2D eigenvalue weighted by Crippen LogP contribution is -2.41. The summed E-state index contributed by atoms with van der Waals surface area (Å²) >= 11 is 0. The summed E-state index contributed by atoms with van der Waals surface area (Å²) in [5, 5.41) is 0. The lowest BCUT2D eigenvalue weighted by atomic mass is 10.1. The molecule has 2 atom stereocenters. The van der Waals surface area contributed by atoms with Crippen LogP contribution in [-0.2, 0) is 19.6 Å². The molecule has 2 aromatic carbocycles. The first-order valence-electron chi connectivity index (χ1n) is 10.4. The number of benzene rings is 2. The molecule has 1 amide bonds. The minimum Gasteiger partial charge on any atom is -0.449 e. The second-order valence-corrected chi connectivity index (χ2v) is 9.66. The highest BCUT2D eigenvalue weighted by Gasteiger charge is 2.31. The standard InChI is InChI=1S/C23H28N2O5S/c1-17-9-7-8-16-25(17)31(28,29)21-14-12-19(13-15-21)23(27)30-18(2)22(26)24(3)20-10-5-4-6-11-20/h4-6,10-15,17-18H,7-9,16H2,1-3H3. The summed E-state index contributed by atoms with van der Waals surface area (Å²) < 4.78 is 32.7. The van der Waals surface area contributed by atoms with Crippen molar-refractivity contribution in [3.63, 3.8) is 0 Å². The van der Waals surface area contributed by atoms with E-state index in [1.165, 1.54) is 40.4 Å². The predicted molar refractivity (Wildman–Crippen MR) is 118 cm³/mol. The molecular formula is C23H28N2O5S. The summed E-state index contributed by atoms with van der Waals surface area (Å²) in [5.74, 6) is -1.05. The number of hydrogen-bond acceptors (Lipinski definition) is 5. The van der Waals surface area contributed by atoms with E-state index in [2.05, 4.69) is 0 Å². The first-order valence-corrected chi connectivity index (χ1v) is 11.8. The summed E-state index contributed by atoms with van der Waals surface area (Å²) in [6.45, 7) is 3.92. The average molecular weight is 445 g/mol. The van der Waals surface area contributed by atoms with Crippen LogP contribution in [0.25, 0.3) is 0 Å². The fourth-order valence-corrected chi connectivity index (χ4v) is 5.36. The topological polar surface area (TPSA) is 84.0 Å². The molecule has 2 aromatic rings. The van der Waals surface area contributed by atoms with Crippen molar-refractivity contribution in [1.82, 2.24) is 4.31 Å². The maximum absolute atomic E-state index is 12.9. The first kappa shape index (κ1) is 23.0. The molecule has 0 spiro atoms. The quantitative estimate of drug-likeness (QED) is 0.637. The van der Waals surface area contributed by atoms with E-state index < -0.39 is 22.1 Å². The van der Waals surface area contributed by atoms with Crippen molar-refractivity contribution in [2.24, 2.45) is 0 Å². The van der Waals surface area contributed by atoms with Gasteiger partial charge >= 0.3 is 5.97 Å². The van der Waals surface area contributed by atoms with Crippen molar-refractivity contribution in [2.45, 2.75) is 50.2 Å². The van der Waals surface area contributed by atoms with Crippen LogP contribution in [0.15, 0.2) is 59.5 Å². The van der Waals surface area contributed by atoms with Gasteiger partial charge in [0.1, 0.15) is 0 Å². The Bertz CT molecular complexity index is 1020. The first-order chi connectivity index (χ1) is 14.7. The van der Waals surface area contributed by atoms with Gasteiger partial charge in [-0.05, 0) is 63.1 Å². The van der Waals surface area contributed by atoms with E-state index in [-0.39, 0.29) is 22.4 Å². The second-order valence-electron chi connectivity index (χ2n) is 7.77. The number of carbonyl (C=O) groups excluding carboxylic acids is 2.